The summed E-state index contributed by atoms with van der Waals surface area (Å²) in [6, 6.07) is 12.8. The van der Waals surface area contributed by atoms with Gasteiger partial charge in [-0.1, -0.05) is 28.1 Å². The second-order valence-corrected chi connectivity index (χ2v) is 5.23. The van der Waals surface area contributed by atoms with E-state index in [0.717, 1.165) is 10.0 Å². The molecule has 0 bridgehead atoms. The number of benzene rings is 2. The molecule has 0 heterocycles. The summed E-state index contributed by atoms with van der Waals surface area (Å²) in [5.41, 5.74) is 1.52. The van der Waals surface area contributed by atoms with E-state index in [2.05, 4.69) is 15.9 Å². The molecule has 0 spiro atoms. The van der Waals surface area contributed by atoms with Gasteiger partial charge in [-0.2, -0.15) is 0 Å². The molecule has 0 aliphatic rings. The standard InChI is InChI=1S/C17H15BrO3/c1-20-16-10-4-12(11-17(16)21-2)3-9-15(19)13-5-7-14(18)8-6-13/h3-11H,1-2H3/b9-3+. The zero-order valence-electron chi connectivity index (χ0n) is 11.8. The van der Waals surface area contributed by atoms with Crippen LogP contribution < -0.4 is 9.47 Å². The maximum Gasteiger partial charge on any atom is 0.185 e. The zero-order valence-corrected chi connectivity index (χ0v) is 13.4. The largest absolute Gasteiger partial charge is 0.493 e. The number of allylic oxidation sites excluding steroid dienone is 1. The molecule has 0 aliphatic heterocycles. The highest BCUT2D eigenvalue weighted by Crippen LogP contribution is 2.28. The highest BCUT2D eigenvalue weighted by molar-refractivity contribution is 9.10. The van der Waals surface area contributed by atoms with Crippen LogP contribution >= 0.6 is 15.9 Å². The number of carbonyl (C=O) groups is 1. The highest BCUT2D eigenvalue weighted by atomic mass is 79.9. The number of methoxy groups -OCH3 is 2. The van der Waals surface area contributed by atoms with E-state index in [1.165, 1.54) is 0 Å². The van der Waals surface area contributed by atoms with Crippen LogP contribution in [0.1, 0.15) is 15.9 Å². The van der Waals surface area contributed by atoms with E-state index in [-0.39, 0.29) is 5.78 Å². The number of ether oxygens (including phenoxy) is 2. The van der Waals surface area contributed by atoms with Crippen molar-refractivity contribution < 1.29 is 14.3 Å². The Hall–Kier alpha value is -2.07. The van der Waals surface area contributed by atoms with Crippen LogP contribution in [0.4, 0.5) is 0 Å². The molecule has 21 heavy (non-hydrogen) atoms. The molecule has 108 valence electrons. The van der Waals surface area contributed by atoms with Crippen LogP contribution in [0.2, 0.25) is 0 Å². The topological polar surface area (TPSA) is 35.5 Å². The van der Waals surface area contributed by atoms with E-state index < -0.39 is 0 Å². The predicted molar refractivity (Wildman–Crippen MR) is 87.1 cm³/mol. The smallest absolute Gasteiger partial charge is 0.185 e. The summed E-state index contributed by atoms with van der Waals surface area (Å²) in [5, 5.41) is 0. The first-order valence-corrected chi connectivity index (χ1v) is 7.13. The Morgan fingerprint density at radius 1 is 1.00 bits per heavy atom. The lowest BCUT2D eigenvalue weighted by Gasteiger charge is -2.07. The van der Waals surface area contributed by atoms with Crippen molar-refractivity contribution in [2.45, 2.75) is 0 Å². The van der Waals surface area contributed by atoms with Gasteiger partial charge >= 0.3 is 0 Å². The van der Waals surface area contributed by atoms with Crippen molar-refractivity contribution in [2.24, 2.45) is 0 Å². The molecule has 2 aromatic carbocycles. The zero-order chi connectivity index (χ0) is 15.2. The number of hydrogen-bond donors (Lipinski definition) is 0. The fraction of sp³-hybridized carbons (Fsp3) is 0.118. The molecule has 0 saturated carbocycles. The predicted octanol–water partition coefficient (Wildman–Crippen LogP) is 4.36. The molecule has 3 nitrogen and oxygen atoms in total. The summed E-state index contributed by atoms with van der Waals surface area (Å²) < 4.78 is 11.4. The van der Waals surface area contributed by atoms with E-state index in [9.17, 15) is 4.79 Å². The van der Waals surface area contributed by atoms with Crippen LogP contribution in [-0.2, 0) is 0 Å². The number of hydrogen-bond acceptors (Lipinski definition) is 3. The Kier molecular flexibility index (Phi) is 5.17. The third-order valence-electron chi connectivity index (χ3n) is 2.96. The monoisotopic (exact) mass is 346 g/mol. The van der Waals surface area contributed by atoms with Gasteiger partial charge in [0.1, 0.15) is 0 Å². The molecule has 0 atom stereocenters. The maximum atomic E-state index is 12.0. The minimum Gasteiger partial charge on any atom is -0.493 e. The van der Waals surface area contributed by atoms with Gasteiger partial charge in [0.15, 0.2) is 17.3 Å². The van der Waals surface area contributed by atoms with Crippen molar-refractivity contribution in [3.8, 4) is 11.5 Å². The van der Waals surface area contributed by atoms with Crippen molar-refractivity contribution in [3.05, 3.63) is 64.1 Å². The van der Waals surface area contributed by atoms with E-state index in [0.29, 0.717) is 17.1 Å². The first-order valence-electron chi connectivity index (χ1n) is 6.34. The fourth-order valence-electron chi connectivity index (χ4n) is 1.84. The summed E-state index contributed by atoms with van der Waals surface area (Å²) in [6.45, 7) is 0. The third-order valence-corrected chi connectivity index (χ3v) is 3.49. The summed E-state index contributed by atoms with van der Waals surface area (Å²) in [5.74, 6) is 1.25. The van der Waals surface area contributed by atoms with Crippen LogP contribution in [0.5, 0.6) is 11.5 Å². The number of halogens is 1. The van der Waals surface area contributed by atoms with Gasteiger partial charge in [0.05, 0.1) is 14.2 Å². The van der Waals surface area contributed by atoms with Gasteiger partial charge < -0.3 is 9.47 Å². The first kappa shape index (κ1) is 15.3. The van der Waals surface area contributed by atoms with Crippen molar-refractivity contribution in [3.63, 3.8) is 0 Å². The van der Waals surface area contributed by atoms with Crippen LogP contribution in [0, 0.1) is 0 Å². The molecular weight excluding hydrogens is 332 g/mol. The minimum absolute atomic E-state index is 0.0442. The second-order valence-electron chi connectivity index (χ2n) is 4.32. The summed E-state index contributed by atoms with van der Waals surface area (Å²) in [4.78, 5) is 12.0. The number of carbonyl (C=O) groups excluding carboxylic acids is 1. The van der Waals surface area contributed by atoms with Crippen molar-refractivity contribution in [1.82, 2.24) is 0 Å². The Morgan fingerprint density at radius 2 is 1.67 bits per heavy atom. The molecular formula is C17H15BrO3. The Labute approximate surface area is 132 Å². The SMILES string of the molecule is COc1ccc(/C=C/C(=O)c2ccc(Br)cc2)cc1OC. The lowest BCUT2D eigenvalue weighted by atomic mass is 10.1. The molecule has 0 unspecified atom stereocenters. The summed E-state index contributed by atoms with van der Waals surface area (Å²) in [6.07, 6.45) is 3.30. The van der Waals surface area contributed by atoms with Crippen LogP contribution in [0.3, 0.4) is 0 Å². The molecule has 0 saturated heterocycles. The van der Waals surface area contributed by atoms with Gasteiger partial charge in [0.25, 0.3) is 0 Å². The average molecular weight is 347 g/mol. The second kappa shape index (κ2) is 7.09. The normalized spacial score (nSPS) is 10.6. The van der Waals surface area contributed by atoms with Gasteiger partial charge in [0, 0.05) is 10.0 Å². The maximum absolute atomic E-state index is 12.0. The lowest BCUT2D eigenvalue weighted by Crippen LogP contribution is -1.93. The molecule has 4 heteroatoms. The molecule has 0 aromatic heterocycles. The minimum atomic E-state index is -0.0442. The molecule has 0 radical (unpaired) electrons. The van der Waals surface area contributed by atoms with Gasteiger partial charge in [-0.05, 0) is 48.0 Å². The van der Waals surface area contributed by atoms with Crippen LogP contribution in [-0.4, -0.2) is 20.0 Å². The quantitative estimate of drug-likeness (QED) is 0.595. The molecule has 0 amide bonds. The van der Waals surface area contributed by atoms with E-state index in [1.54, 1.807) is 38.5 Å². The average Bonchev–Trinajstić information content (AvgIpc) is 2.52. The Balaban J connectivity index is 2.17. The molecule has 0 fully saturated rings. The lowest BCUT2D eigenvalue weighted by molar-refractivity contribution is 0.104. The molecule has 2 aromatic rings. The van der Waals surface area contributed by atoms with Gasteiger partial charge in [-0.3, -0.25) is 4.79 Å². The number of ketones is 1. The number of rotatable bonds is 5. The van der Waals surface area contributed by atoms with E-state index >= 15 is 0 Å². The van der Waals surface area contributed by atoms with Crippen LogP contribution in [0.25, 0.3) is 6.08 Å². The van der Waals surface area contributed by atoms with E-state index in [4.69, 9.17) is 9.47 Å². The van der Waals surface area contributed by atoms with Gasteiger partial charge in [-0.15, -0.1) is 0 Å². The third kappa shape index (κ3) is 3.95. The van der Waals surface area contributed by atoms with Crippen molar-refractivity contribution in [2.75, 3.05) is 14.2 Å². The summed E-state index contributed by atoms with van der Waals surface area (Å²) in [7, 11) is 3.17. The van der Waals surface area contributed by atoms with Crippen molar-refractivity contribution >= 4 is 27.8 Å². The first-order chi connectivity index (χ1) is 10.1. The van der Waals surface area contributed by atoms with E-state index in [1.807, 2.05) is 30.3 Å². The highest BCUT2D eigenvalue weighted by Gasteiger charge is 2.04. The van der Waals surface area contributed by atoms with Gasteiger partial charge in [-0.25, -0.2) is 0 Å². The van der Waals surface area contributed by atoms with Gasteiger partial charge in [0.2, 0.25) is 0 Å². The molecule has 2 rings (SSSR count). The summed E-state index contributed by atoms with van der Waals surface area (Å²) >= 11 is 3.34. The molecule has 0 N–H and O–H groups in total. The van der Waals surface area contributed by atoms with Crippen LogP contribution in [0.15, 0.2) is 53.0 Å². The Bertz CT molecular complexity index is 660. The molecule has 0 aliphatic carbocycles. The Morgan fingerprint density at radius 3 is 2.29 bits per heavy atom. The van der Waals surface area contributed by atoms with Crippen molar-refractivity contribution in [1.29, 1.82) is 0 Å². The fourth-order valence-corrected chi connectivity index (χ4v) is 2.10.